The number of hydrogen-bond acceptors (Lipinski definition) is 4. The largest absolute Gasteiger partial charge is 0.374 e. The summed E-state index contributed by atoms with van der Waals surface area (Å²) < 4.78 is 0. The molecule has 28 heavy (non-hydrogen) atoms. The van der Waals surface area contributed by atoms with E-state index in [1.54, 1.807) is 0 Å². The summed E-state index contributed by atoms with van der Waals surface area (Å²) in [6.45, 7) is 7.52. The molecule has 1 fully saturated rings. The number of carbonyl (C=O) groups is 2. The number of nitrogens with one attached hydrogen (secondary N) is 2. The summed E-state index contributed by atoms with van der Waals surface area (Å²) >= 11 is 0. The van der Waals surface area contributed by atoms with Gasteiger partial charge < -0.3 is 15.5 Å². The number of nitrogens with zero attached hydrogens (tertiary/aromatic N) is 2. The zero-order chi connectivity index (χ0) is 19.9. The van der Waals surface area contributed by atoms with Crippen LogP contribution in [0.4, 0.5) is 11.4 Å². The molecular formula is C22H28N4O2. The number of benzene rings is 2. The maximum Gasteiger partial charge on any atom is 0.244 e. The lowest BCUT2D eigenvalue weighted by Gasteiger charge is -2.36. The maximum atomic E-state index is 12.8. The van der Waals surface area contributed by atoms with Crippen molar-refractivity contribution >= 4 is 23.2 Å². The van der Waals surface area contributed by atoms with Gasteiger partial charge in [-0.1, -0.05) is 36.4 Å². The van der Waals surface area contributed by atoms with E-state index in [-0.39, 0.29) is 17.9 Å². The van der Waals surface area contributed by atoms with Gasteiger partial charge in [0.15, 0.2) is 0 Å². The molecule has 6 nitrogen and oxygen atoms in total. The molecule has 6 heteroatoms. The van der Waals surface area contributed by atoms with E-state index in [9.17, 15) is 9.59 Å². The monoisotopic (exact) mass is 380 g/mol. The summed E-state index contributed by atoms with van der Waals surface area (Å²) in [5.41, 5.74) is 2.83. The third kappa shape index (κ3) is 5.57. The van der Waals surface area contributed by atoms with Crippen LogP contribution in [0, 0.1) is 0 Å². The molecule has 1 saturated heterocycles. The van der Waals surface area contributed by atoms with E-state index in [4.69, 9.17) is 0 Å². The van der Waals surface area contributed by atoms with Crippen molar-refractivity contribution < 1.29 is 9.59 Å². The Morgan fingerprint density at radius 1 is 0.964 bits per heavy atom. The van der Waals surface area contributed by atoms with E-state index in [2.05, 4.69) is 39.8 Å². The second-order valence-corrected chi connectivity index (χ2v) is 7.22. The van der Waals surface area contributed by atoms with Crippen molar-refractivity contribution in [2.24, 2.45) is 0 Å². The first-order valence-corrected chi connectivity index (χ1v) is 9.70. The number of hydrogen-bond donors (Lipinski definition) is 2. The van der Waals surface area contributed by atoms with E-state index in [0.717, 1.165) is 38.4 Å². The molecule has 0 radical (unpaired) electrons. The predicted molar refractivity (Wildman–Crippen MR) is 112 cm³/mol. The van der Waals surface area contributed by atoms with Gasteiger partial charge in [-0.15, -0.1) is 0 Å². The Bertz CT molecular complexity index is 801. The minimum absolute atomic E-state index is 0.101. The van der Waals surface area contributed by atoms with Gasteiger partial charge in [0.25, 0.3) is 0 Å². The Morgan fingerprint density at radius 3 is 2.32 bits per heavy atom. The van der Waals surface area contributed by atoms with Gasteiger partial charge in [-0.05, 0) is 30.7 Å². The van der Waals surface area contributed by atoms with Crippen LogP contribution in [-0.4, -0.2) is 53.8 Å². The number of carbonyl (C=O) groups excluding carboxylic acids is 2. The first kappa shape index (κ1) is 19.9. The molecule has 0 saturated carbocycles. The van der Waals surface area contributed by atoms with Crippen molar-refractivity contribution in [3.05, 3.63) is 60.2 Å². The summed E-state index contributed by atoms with van der Waals surface area (Å²) in [4.78, 5) is 28.3. The average molecular weight is 380 g/mol. The molecule has 0 bridgehead atoms. The van der Waals surface area contributed by atoms with Crippen LogP contribution in [0.3, 0.4) is 0 Å². The molecule has 0 aliphatic carbocycles. The molecule has 1 aliphatic heterocycles. The van der Waals surface area contributed by atoms with Crippen LogP contribution < -0.4 is 10.6 Å². The van der Waals surface area contributed by atoms with E-state index in [1.807, 2.05) is 42.2 Å². The summed E-state index contributed by atoms with van der Waals surface area (Å²) in [7, 11) is 0. The van der Waals surface area contributed by atoms with Crippen LogP contribution >= 0.6 is 0 Å². The van der Waals surface area contributed by atoms with Gasteiger partial charge in [0.05, 0.1) is 0 Å². The summed E-state index contributed by atoms with van der Waals surface area (Å²) in [5, 5.41) is 6.00. The standard InChI is InChI=1S/C22H28N4O2/c1-17(23-20-9-6-10-21(15-20)24-18(2)27)22(28)26-13-11-25(12-14-26)16-19-7-4-3-5-8-19/h3-10,15,17,23H,11-14,16H2,1-2H3,(H,24,27). The topological polar surface area (TPSA) is 64.7 Å². The second kappa shape index (κ2) is 9.37. The van der Waals surface area contributed by atoms with Crippen LogP contribution in [0.2, 0.25) is 0 Å². The zero-order valence-electron chi connectivity index (χ0n) is 16.5. The lowest BCUT2D eigenvalue weighted by atomic mass is 10.2. The van der Waals surface area contributed by atoms with Gasteiger partial charge in [-0.3, -0.25) is 14.5 Å². The fourth-order valence-corrected chi connectivity index (χ4v) is 3.44. The Kier molecular flexibility index (Phi) is 6.66. The van der Waals surface area contributed by atoms with Gasteiger partial charge in [0, 0.05) is 51.0 Å². The third-order valence-corrected chi connectivity index (χ3v) is 4.87. The molecule has 2 aromatic rings. The van der Waals surface area contributed by atoms with Gasteiger partial charge in [0.1, 0.15) is 6.04 Å². The Balaban J connectivity index is 1.50. The Morgan fingerprint density at radius 2 is 1.64 bits per heavy atom. The molecule has 2 amide bonds. The van der Waals surface area contributed by atoms with Crippen molar-refractivity contribution in [1.82, 2.24) is 9.80 Å². The molecule has 1 aliphatic rings. The molecule has 1 atom stereocenters. The first-order chi connectivity index (χ1) is 13.5. The van der Waals surface area contributed by atoms with Gasteiger partial charge >= 0.3 is 0 Å². The minimum Gasteiger partial charge on any atom is -0.374 e. The Hall–Kier alpha value is -2.86. The Labute approximate surface area is 166 Å². The summed E-state index contributed by atoms with van der Waals surface area (Å²) in [6.07, 6.45) is 0. The highest BCUT2D eigenvalue weighted by Crippen LogP contribution is 2.17. The average Bonchev–Trinajstić information content (AvgIpc) is 2.68. The number of piperazine rings is 1. The van der Waals surface area contributed by atoms with E-state index < -0.39 is 0 Å². The highest BCUT2D eigenvalue weighted by atomic mass is 16.2. The van der Waals surface area contributed by atoms with Crippen LogP contribution in [0.5, 0.6) is 0 Å². The molecule has 148 valence electrons. The summed E-state index contributed by atoms with van der Waals surface area (Å²) in [5.74, 6) is -0.0149. The van der Waals surface area contributed by atoms with E-state index in [1.165, 1.54) is 12.5 Å². The molecule has 1 unspecified atom stereocenters. The van der Waals surface area contributed by atoms with Crippen molar-refractivity contribution in [1.29, 1.82) is 0 Å². The van der Waals surface area contributed by atoms with Gasteiger partial charge in [-0.2, -0.15) is 0 Å². The van der Waals surface area contributed by atoms with Crippen LogP contribution in [0.25, 0.3) is 0 Å². The van der Waals surface area contributed by atoms with Crippen molar-refractivity contribution in [2.75, 3.05) is 36.8 Å². The number of rotatable bonds is 6. The highest BCUT2D eigenvalue weighted by Gasteiger charge is 2.24. The highest BCUT2D eigenvalue weighted by molar-refractivity contribution is 5.89. The van der Waals surface area contributed by atoms with Gasteiger partial charge in [0.2, 0.25) is 11.8 Å². The minimum atomic E-state index is -0.326. The molecule has 1 heterocycles. The van der Waals surface area contributed by atoms with E-state index in [0.29, 0.717) is 5.69 Å². The van der Waals surface area contributed by atoms with Crippen LogP contribution in [0.1, 0.15) is 19.4 Å². The lowest BCUT2D eigenvalue weighted by molar-refractivity contribution is -0.133. The van der Waals surface area contributed by atoms with Crippen LogP contribution in [-0.2, 0) is 16.1 Å². The van der Waals surface area contributed by atoms with Crippen molar-refractivity contribution in [3.8, 4) is 0 Å². The predicted octanol–water partition coefficient (Wildman–Crippen LogP) is 2.79. The van der Waals surface area contributed by atoms with Crippen LogP contribution in [0.15, 0.2) is 54.6 Å². The third-order valence-electron chi connectivity index (χ3n) is 4.87. The smallest absolute Gasteiger partial charge is 0.244 e. The normalized spacial score (nSPS) is 15.7. The molecule has 3 rings (SSSR count). The number of anilines is 2. The van der Waals surface area contributed by atoms with E-state index >= 15 is 0 Å². The fraction of sp³-hybridized carbons (Fsp3) is 0.364. The molecule has 0 aromatic heterocycles. The summed E-state index contributed by atoms with van der Waals surface area (Å²) in [6, 6.07) is 17.5. The zero-order valence-corrected chi connectivity index (χ0v) is 16.5. The first-order valence-electron chi connectivity index (χ1n) is 9.70. The molecule has 2 aromatic carbocycles. The maximum absolute atomic E-state index is 12.8. The van der Waals surface area contributed by atoms with Gasteiger partial charge in [-0.25, -0.2) is 0 Å². The second-order valence-electron chi connectivity index (χ2n) is 7.22. The van der Waals surface area contributed by atoms with Crippen molar-refractivity contribution in [2.45, 2.75) is 26.4 Å². The van der Waals surface area contributed by atoms with Crippen molar-refractivity contribution in [3.63, 3.8) is 0 Å². The molecular weight excluding hydrogens is 352 g/mol. The molecule has 0 spiro atoms. The molecule has 2 N–H and O–H groups in total. The fourth-order valence-electron chi connectivity index (χ4n) is 3.44. The SMILES string of the molecule is CC(=O)Nc1cccc(NC(C)C(=O)N2CCN(Cc3ccccc3)CC2)c1. The lowest BCUT2D eigenvalue weighted by Crippen LogP contribution is -2.51. The quantitative estimate of drug-likeness (QED) is 0.809. The number of amides is 2.